The maximum absolute atomic E-state index is 5.15. The average Bonchev–Trinajstić information content (AvgIpc) is 2.37. The molecule has 3 rings (SSSR count). The van der Waals surface area contributed by atoms with Crippen molar-refractivity contribution in [3.8, 4) is 11.5 Å². The third kappa shape index (κ3) is 1.91. The molecule has 0 amide bonds. The van der Waals surface area contributed by atoms with Gasteiger partial charge in [0.1, 0.15) is 10.3 Å². The number of benzene rings is 1. The van der Waals surface area contributed by atoms with Crippen LogP contribution in [0.4, 0.5) is 0 Å². The van der Waals surface area contributed by atoms with Crippen molar-refractivity contribution >= 4 is 23.0 Å². The second kappa shape index (κ2) is 4.31. The molecule has 3 nitrogen and oxygen atoms in total. The van der Waals surface area contributed by atoms with Crippen LogP contribution in [-0.2, 0) is 0 Å². The van der Waals surface area contributed by atoms with E-state index in [1.807, 2.05) is 37.3 Å². The first-order valence-electron chi connectivity index (χ1n) is 5.66. The fraction of sp³-hybridized carbons (Fsp3) is 0.0714. The summed E-state index contributed by atoms with van der Waals surface area (Å²) >= 11 is 5.15. The summed E-state index contributed by atoms with van der Waals surface area (Å²) in [5.41, 5.74) is 1.82. The number of nitrogens with one attached hydrogen (secondary N) is 1. The fourth-order valence-electron chi connectivity index (χ4n) is 2.00. The average molecular weight is 253 g/mol. The van der Waals surface area contributed by atoms with E-state index in [9.17, 15) is 0 Å². The van der Waals surface area contributed by atoms with Crippen molar-refractivity contribution in [1.29, 1.82) is 0 Å². The summed E-state index contributed by atoms with van der Waals surface area (Å²) in [5, 5.41) is 2.22. The Morgan fingerprint density at radius 3 is 2.83 bits per heavy atom. The van der Waals surface area contributed by atoms with Gasteiger partial charge in [0.15, 0.2) is 5.82 Å². The van der Waals surface area contributed by atoms with Crippen LogP contribution in [0, 0.1) is 11.6 Å². The highest BCUT2D eigenvalue weighted by Gasteiger charge is 2.07. The Morgan fingerprint density at radius 2 is 2.00 bits per heavy atom. The Hall–Kier alpha value is -2.07. The van der Waals surface area contributed by atoms with Gasteiger partial charge in [-0.15, -0.1) is 0 Å². The van der Waals surface area contributed by atoms with E-state index >= 15 is 0 Å². The first-order chi connectivity index (χ1) is 8.74. The van der Waals surface area contributed by atoms with Crippen LogP contribution in [0.25, 0.3) is 22.3 Å². The molecule has 0 aliphatic rings. The van der Waals surface area contributed by atoms with Gasteiger partial charge in [-0.3, -0.25) is 4.98 Å². The third-order valence-electron chi connectivity index (χ3n) is 2.78. The lowest BCUT2D eigenvalue weighted by Gasteiger charge is -2.05. The smallest absolute Gasteiger partial charge is 0.158 e. The molecular weight excluding hydrogens is 242 g/mol. The van der Waals surface area contributed by atoms with Gasteiger partial charge in [-0.2, -0.15) is 0 Å². The summed E-state index contributed by atoms with van der Waals surface area (Å²) in [7, 11) is 0. The Bertz CT molecular complexity index is 772. The zero-order valence-corrected chi connectivity index (χ0v) is 10.7. The van der Waals surface area contributed by atoms with Gasteiger partial charge in [-0.1, -0.05) is 36.5 Å². The van der Waals surface area contributed by atoms with Gasteiger partial charge in [0, 0.05) is 17.3 Å². The number of rotatable bonds is 1. The SMILES string of the molecule is Cc1cc(=S)nc(-c2nccc3ccccc23)[nH]1. The van der Waals surface area contributed by atoms with Crippen LogP contribution in [0.1, 0.15) is 5.69 Å². The molecule has 0 saturated heterocycles. The lowest BCUT2D eigenvalue weighted by molar-refractivity contribution is 1.08. The molecule has 3 aromatic rings. The van der Waals surface area contributed by atoms with E-state index in [2.05, 4.69) is 21.0 Å². The number of hydrogen-bond acceptors (Lipinski definition) is 3. The lowest BCUT2D eigenvalue weighted by Crippen LogP contribution is -1.95. The van der Waals surface area contributed by atoms with Crippen molar-refractivity contribution in [3.05, 3.63) is 52.9 Å². The molecule has 0 aliphatic carbocycles. The topological polar surface area (TPSA) is 41.6 Å². The first-order valence-corrected chi connectivity index (χ1v) is 6.07. The quantitative estimate of drug-likeness (QED) is 0.673. The molecular formula is C14H11N3S. The summed E-state index contributed by atoms with van der Waals surface area (Å²) in [6, 6.07) is 11.9. The van der Waals surface area contributed by atoms with Crippen molar-refractivity contribution in [1.82, 2.24) is 15.0 Å². The number of pyridine rings is 1. The molecule has 4 heteroatoms. The van der Waals surface area contributed by atoms with E-state index in [0.29, 0.717) is 4.64 Å². The third-order valence-corrected chi connectivity index (χ3v) is 2.98. The van der Waals surface area contributed by atoms with Crippen LogP contribution in [0.5, 0.6) is 0 Å². The van der Waals surface area contributed by atoms with Crippen LogP contribution in [-0.4, -0.2) is 15.0 Å². The van der Waals surface area contributed by atoms with E-state index in [1.165, 1.54) is 0 Å². The van der Waals surface area contributed by atoms with Crippen LogP contribution in [0.15, 0.2) is 42.6 Å². The number of fused-ring (bicyclic) bond motifs is 1. The van der Waals surface area contributed by atoms with Crippen molar-refractivity contribution < 1.29 is 0 Å². The zero-order chi connectivity index (χ0) is 12.5. The molecule has 0 bridgehead atoms. The van der Waals surface area contributed by atoms with Gasteiger partial charge in [-0.25, -0.2) is 4.98 Å². The Balaban J connectivity index is 2.34. The van der Waals surface area contributed by atoms with Gasteiger partial charge >= 0.3 is 0 Å². The van der Waals surface area contributed by atoms with Crippen LogP contribution in [0.3, 0.4) is 0 Å². The molecule has 88 valence electrons. The highest BCUT2D eigenvalue weighted by molar-refractivity contribution is 7.71. The van der Waals surface area contributed by atoms with Gasteiger partial charge in [0.2, 0.25) is 0 Å². The van der Waals surface area contributed by atoms with E-state index in [-0.39, 0.29) is 0 Å². The number of hydrogen-bond donors (Lipinski definition) is 1. The Labute approximate surface area is 110 Å². The number of aryl methyl sites for hydroxylation is 1. The number of H-pyrrole nitrogens is 1. The zero-order valence-electron chi connectivity index (χ0n) is 9.84. The predicted octanol–water partition coefficient (Wildman–Crippen LogP) is 3.66. The molecule has 0 radical (unpaired) electrons. The van der Waals surface area contributed by atoms with Gasteiger partial charge in [-0.05, 0) is 24.4 Å². The lowest BCUT2D eigenvalue weighted by atomic mass is 10.1. The van der Waals surface area contributed by atoms with Crippen molar-refractivity contribution in [2.24, 2.45) is 0 Å². The normalized spacial score (nSPS) is 10.7. The minimum Gasteiger partial charge on any atom is -0.342 e. The maximum Gasteiger partial charge on any atom is 0.158 e. The fourth-order valence-corrected chi connectivity index (χ4v) is 2.27. The molecule has 0 saturated carbocycles. The second-order valence-corrected chi connectivity index (χ2v) is 4.55. The number of nitrogens with zero attached hydrogens (tertiary/aromatic N) is 2. The summed E-state index contributed by atoms with van der Waals surface area (Å²) in [6.45, 7) is 1.96. The minimum absolute atomic E-state index is 0.580. The van der Waals surface area contributed by atoms with E-state index < -0.39 is 0 Å². The number of aromatic nitrogens is 3. The van der Waals surface area contributed by atoms with Gasteiger partial charge in [0.25, 0.3) is 0 Å². The minimum atomic E-state index is 0.580. The highest BCUT2D eigenvalue weighted by Crippen LogP contribution is 2.23. The maximum atomic E-state index is 5.15. The predicted molar refractivity (Wildman–Crippen MR) is 74.9 cm³/mol. The molecule has 2 heterocycles. The largest absolute Gasteiger partial charge is 0.342 e. The molecule has 1 N–H and O–H groups in total. The van der Waals surface area contributed by atoms with Gasteiger partial charge < -0.3 is 4.98 Å². The molecule has 0 unspecified atom stereocenters. The van der Waals surface area contributed by atoms with Crippen LogP contribution >= 0.6 is 12.2 Å². The molecule has 0 atom stereocenters. The number of aromatic amines is 1. The molecule has 1 aromatic carbocycles. The second-order valence-electron chi connectivity index (χ2n) is 4.13. The summed E-state index contributed by atoms with van der Waals surface area (Å²) in [4.78, 5) is 12.0. The summed E-state index contributed by atoms with van der Waals surface area (Å²) < 4.78 is 0.580. The van der Waals surface area contributed by atoms with E-state index in [0.717, 1.165) is 28.0 Å². The Kier molecular flexibility index (Phi) is 2.64. The van der Waals surface area contributed by atoms with Crippen LogP contribution in [0.2, 0.25) is 0 Å². The molecule has 0 fully saturated rings. The van der Waals surface area contributed by atoms with E-state index in [4.69, 9.17) is 12.2 Å². The van der Waals surface area contributed by atoms with E-state index in [1.54, 1.807) is 6.20 Å². The summed E-state index contributed by atoms with van der Waals surface area (Å²) in [5.74, 6) is 0.719. The van der Waals surface area contributed by atoms with Crippen molar-refractivity contribution in [2.45, 2.75) is 6.92 Å². The standard InChI is InChI=1S/C14H11N3S/c1-9-8-12(18)17-14(16-9)13-11-5-3-2-4-10(11)6-7-15-13/h2-8H,1H3,(H,16,17,18). The van der Waals surface area contributed by atoms with Crippen LogP contribution < -0.4 is 0 Å². The monoisotopic (exact) mass is 253 g/mol. The van der Waals surface area contributed by atoms with Gasteiger partial charge in [0.05, 0.1) is 0 Å². The Morgan fingerprint density at radius 1 is 1.17 bits per heavy atom. The molecule has 0 spiro atoms. The molecule has 0 aliphatic heterocycles. The van der Waals surface area contributed by atoms with Crippen molar-refractivity contribution in [3.63, 3.8) is 0 Å². The molecule has 18 heavy (non-hydrogen) atoms. The molecule has 2 aromatic heterocycles. The van der Waals surface area contributed by atoms with Crippen molar-refractivity contribution in [2.75, 3.05) is 0 Å². The summed E-state index contributed by atoms with van der Waals surface area (Å²) in [6.07, 6.45) is 1.79. The highest BCUT2D eigenvalue weighted by atomic mass is 32.1. The first kappa shape index (κ1) is 11.0.